The molecule has 5 nitrogen and oxygen atoms in total. The number of nitrogens with one attached hydrogen (secondary N) is 1. The largest absolute Gasteiger partial charge is 0.472 e. The van der Waals surface area contributed by atoms with Gasteiger partial charge < -0.3 is 10.1 Å². The second kappa shape index (κ2) is 4.33. The normalized spacial score (nSPS) is 22.5. The molecule has 0 radical (unpaired) electrons. The molecule has 0 aromatic carbocycles. The summed E-state index contributed by atoms with van der Waals surface area (Å²) in [7, 11) is 0. The van der Waals surface area contributed by atoms with Gasteiger partial charge in [0.2, 0.25) is 12.1 Å². The van der Waals surface area contributed by atoms with Crippen molar-refractivity contribution in [3.8, 4) is 0 Å². The minimum Gasteiger partial charge on any atom is -0.472 e. The van der Waals surface area contributed by atoms with Gasteiger partial charge in [-0.15, -0.1) is 0 Å². The molecule has 0 aliphatic carbocycles. The third-order valence-corrected chi connectivity index (χ3v) is 2.45. The van der Waals surface area contributed by atoms with Crippen LogP contribution in [-0.2, 0) is 9.53 Å². The van der Waals surface area contributed by atoms with Gasteiger partial charge in [-0.2, -0.15) is 0 Å². The average Bonchev–Trinajstić information content (AvgIpc) is 2.46. The lowest BCUT2D eigenvalue weighted by Crippen LogP contribution is -2.50. The van der Waals surface area contributed by atoms with E-state index in [-0.39, 0.29) is 11.9 Å². The van der Waals surface area contributed by atoms with Gasteiger partial charge in [0, 0.05) is 5.41 Å². The van der Waals surface area contributed by atoms with Crippen LogP contribution in [0.1, 0.15) is 34.6 Å². The van der Waals surface area contributed by atoms with Crippen molar-refractivity contribution in [2.45, 2.75) is 46.9 Å². The van der Waals surface area contributed by atoms with Crippen molar-refractivity contribution in [1.82, 2.24) is 10.4 Å². The van der Waals surface area contributed by atoms with Gasteiger partial charge in [-0.3, -0.25) is 10.0 Å². The fourth-order valence-electron chi connectivity index (χ4n) is 1.30. The molecule has 0 aromatic heterocycles. The van der Waals surface area contributed by atoms with Gasteiger partial charge in [-0.1, -0.05) is 20.8 Å². The summed E-state index contributed by atoms with van der Waals surface area (Å²) >= 11 is 0. The molecule has 0 bridgehead atoms. The molecule has 1 aliphatic rings. The summed E-state index contributed by atoms with van der Waals surface area (Å²) in [6.45, 7) is 9.04. The Morgan fingerprint density at radius 3 is 2.56 bits per heavy atom. The SMILES string of the molecule is CC1=COC([C@H](C)NC(=O)C(C)(C)C)N1O. The molecule has 2 atom stereocenters. The number of carbonyl (C=O) groups is 1. The van der Waals surface area contributed by atoms with E-state index < -0.39 is 11.6 Å². The molecular formula is C11H20N2O3. The zero-order valence-electron chi connectivity index (χ0n) is 10.4. The fraction of sp³-hybridized carbons (Fsp3) is 0.727. The first-order chi connectivity index (χ1) is 7.23. The van der Waals surface area contributed by atoms with Crippen LogP contribution < -0.4 is 5.32 Å². The summed E-state index contributed by atoms with van der Waals surface area (Å²) in [5.74, 6) is -0.0680. The van der Waals surface area contributed by atoms with Crippen LogP contribution in [0.5, 0.6) is 0 Å². The molecule has 0 saturated heterocycles. The third kappa shape index (κ3) is 2.66. The van der Waals surface area contributed by atoms with E-state index in [1.807, 2.05) is 20.8 Å². The second-order valence-electron chi connectivity index (χ2n) is 5.14. The number of allylic oxidation sites excluding steroid dienone is 1. The van der Waals surface area contributed by atoms with E-state index >= 15 is 0 Å². The van der Waals surface area contributed by atoms with Gasteiger partial charge in [0.15, 0.2) is 0 Å². The Morgan fingerprint density at radius 1 is 1.62 bits per heavy atom. The molecule has 92 valence electrons. The lowest BCUT2D eigenvalue weighted by Gasteiger charge is -2.28. The van der Waals surface area contributed by atoms with Crippen molar-refractivity contribution < 1.29 is 14.7 Å². The van der Waals surface area contributed by atoms with Crippen molar-refractivity contribution in [3.63, 3.8) is 0 Å². The maximum Gasteiger partial charge on any atom is 0.225 e. The Balaban J connectivity index is 2.55. The van der Waals surface area contributed by atoms with Gasteiger partial charge >= 0.3 is 0 Å². The summed E-state index contributed by atoms with van der Waals surface area (Å²) in [5.41, 5.74) is 0.178. The van der Waals surface area contributed by atoms with Gasteiger partial charge in [0.25, 0.3) is 0 Å². The Hall–Kier alpha value is -1.23. The molecule has 16 heavy (non-hydrogen) atoms. The van der Waals surface area contributed by atoms with Crippen LogP contribution in [0.4, 0.5) is 0 Å². The van der Waals surface area contributed by atoms with Crippen LogP contribution in [0.15, 0.2) is 12.0 Å². The zero-order chi connectivity index (χ0) is 12.5. The smallest absolute Gasteiger partial charge is 0.225 e. The number of carbonyl (C=O) groups excluding carboxylic acids is 1. The zero-order valence-corrected chi connectivity index (χ0v) is 10.4. The molecule has 2 N–H and O–H groups in total. The molecule has 0 saturated carbocycles. The van der Waals surface area contributed by atoms with E-state index in [0.717, 1.165) is 5.06 Å². The standard InChI is InChI=1S/C11H20N2O3/c1-7-6-16-9(13(7)15)8(2)12-10(14)11(3,4)5/h6,8-9,15H,1-5H3,(H,12,14)/t8-,9?/m0/s1. The first-order valence-corrected chi connectivity index (χ1v) is 5.35. The molecule has 0 spiro atoms. The highest BCUT2D eigenvalue weighted by molar-refractivity contribution is 5.81. The topological polar surface area (TPSA) is 61.8 Å². The highest BCUT2D eigenvalue weighted by Gasteiger charge is 2.32. The van der Waals surface area contributed by atoms with E-state index in [9.17, 15) is 10.0 Å². The maximum absolute atomic E-state index is 11.7. The quantitative estimate of drug-likeness (QED) is 0.751. The molecule has 1 amide bonds. The summed E-state index contributed by atoms with van der Waals surface area (Å²) < 4.78 is 5.25. The van der Waals surface area contributed by atoms with Gasteiger partial charge in [-0.25, -0.2) is 5.06 Å². The third-order valence-electron chi connectivity index (χ3n) is 2.45. The summed E-state index contributed by atoms with van der Waals surface area (Å²) in [6, 6.07) is -0.287. The second-order valence-corrected chi connectivity index (χ2v) is 5.14. The highest BCUT2D eigenvalue weighted by Crippen LogP contribution is 2.20. The van der Waals surface area contributed by atoms with Gasteiger partial charge in [0.1, 0.15) is 6.26 Å². The van der Waals surface area contributed by atoms with Crippen LogP contribution in [0.2, 0.25) is 0 Å². The summed E-state index contributed by atoms with van der Waals surface area (Å²) in [4.78, 5) is 11.7. The number of nitrogens with zero attached hydrogens (tertiary/aromatic N) is 1. The van der Waals surface area contributed by atoms with Crippen LogP contribution in [-0.4, -0.2) is 28.4 Å². The van der Waals surface area contributed by atoms with E-state index in [2.05, 4.69) is 5.32 Å². The molecule has 1 heterocycles. The number of ether oxygens (including phenoxy) is 1. The number of hydroxylamine groups is 2. The molecule has 5 heteroatoms. The van der Waals surface area contributed by atoms with Crippen LogP contribution in [0.3, 0.4) is 0 Å². The lowest BCUT2D eigenvalue weighted by atomic mass is 9.95. The predicted octanol–water partition coefficient (Wildman–Crippen LogP) is 1.45. The number of amides is 1. The first-order valence-electron chi connectivity index (χ1n) is 5.35. The number of hydrogen-bond donors (Lipinski definition) is 2. The Labute approximate surface area is 96.0 Å². The number of hydrogen-bond acceptors (Lipinski definition) is 4. The maximum atomic E-state index is 11.7. The van der Waals surface area contributed by atoms with Crippen molar-refractivity contribution in [3.05, 3.63) is 12.0 Å². The molecule has 0 fully saturated rings. The van der Waals surface area contributed by atoms with Crippen LogP contribution in [0.25, 0.3) is 0 Å². The van der Waals surface area contributed by atoms with Crippen molar-refractivity contribution in [2.24, 2.45) is 5.41 Å². The van der Waals surface area contributed by atoms with Crippen molar-refractivity contribution in [1.29, 1.82) is 0 Å². The highest BCUT2D eigenvalue weighted by atomic mass is 16.6. The van der Waals surface area contributed by atoms with E-state index in [4.69, 9.17) is 4.74 Å². The number of rotatable bonds is 2. The summed E-state index contributed by atoms with van der Waals surface area (Å²) in [6.07, 6.45) is 0.927. The van der Waals surface area contributed by atoms with Crippen LogP contribution in [0, 0.1) is 5.41 Å². The molecule has 1 aliphatic heterocycles. The lowest BCUT2D eigenvalue weighted by molar-refractivity contribution is -0.160. The van der Waals surface area contributed by atoms with Crippen molar-refractivity contribution in [2.75, 3.05) is 0 Å². The molecule has 0 aromatic rings. The summed E-state index contributed by atoms with van der Waals surface area (Å²) in [5, 5.41) is 13.5. The molecular weight excluding hydrogens is 208 g/mol. The van der Waals surface area contributed by atoms with Gasteiger partial charge in [0.05, 0.1) is 11.7 Å². The first kappa shape index (κ1) is 12.8. The van der Waals surface area contributed by atoms with Crippen LogP contribution >= 0.6 is 0 Å². The van der Waals surface area contributed by atoms with Crippen molar-refractivity contribution >= 4 is 5.91 Å². The predicted molar refractivity (Wildman–Crippen MR) is 59.3 cm³/mol. The Bertz CT molecular complexity index is 307. The monoisotopic (exact) mass is 228 g/mol. The van der Waals surface area contributed by atoms with E-state index in [0.29, 0.717) is 5.70 Å². The fourth-order valence-corrected chi connectivity index (χ4v) is 1.30. The Kier molecular flexibility index (Phi) is 3.48. The minimum absolute atomic E-state index is 0.0680. The van der Waals surface area contributed by atoms with Gasteiger partial charge in [-0.05, 0) is 13.8 Å². The molecule has 1 unspecified atom stereocenters. The average molecular weight is 228 g/mol. The molecule has 1 rings (SSSR count). The minimum atomic E-state index is -0.550. The Morgan fingerprint density at radius 2 is 2.19 bits per heavy atom. The van der Waals surface area contributed by atoms with E-state index in [1.54, 1.807) is 13.8 Å². The van der Waals surface area contributed by atoms with E-state index in [1.165, 1.54) is 6.26 Å².